The van der Waals surface area contributed by atoms with Gasteiger partial charge >= 0.3 is 0 Å². The highest BCUT2D eigenvalue weighted by atomic mass is 16.5. The van der Waals surface area contributed by atoms with E-state index in [1.54, 1.807) is 12.1 Å². The summed E-state index contributed by atoms with van der Waals surface area (Å²) in [6.07, 6.45) is -0.922. The lowest BCUT2D eigenvalue weighted by Crippen LogP contribution is -2.03. The standard InChI is InChI=1S/C11H15N3O4/c1-16-9-4-7(8(15)6-13-14-12)5-10(17-2)11(9)18-3/h4-5,8,15H,6H2,1-3H3/t8-/m1/s1. The molecular formula is C11H15N3O4. The van der Waals surface area contributed by atoms with Crippen molar-refractivity contribution in [2.75, 3.05) is 27.9 Å². The Labute approximate surface area is 105 Å². The Balaban J connectivity index is 3.17. The molecule has 0 aliphatic rings. The molecule has 1 aromatic rings. The zero-order valence-corrected chi connectivity index (χ0v) is 10.5. The van der Waals surface area contributed by atoms with Gasteiger partial charge in [0.15, 0.2) is 11.5 Å². The zero-order valence-electron chi connectivity index (χ0n) is 10.5. The molecule has 1 atom stereocenters. The Bertz CT molecular complexity index is 433. The van der Waals surface area contributed by atoms with Crippen molar-refractivity contribution in [1.29, 1.82) is 0 Å². The minimum Gasteiger partial charge on any atom is -0.493 e. The first-order valence-corrected chi connectivity index (χ1v) is 5.16. The van der Waals surface area contributed by atoms with Crippen molar-refractivity contribution in [3.05, 3.63) is 28.1 Å². The molecule has 0 saturated heterocycles. The summed E-state index contributed by atoms with van der Waals surface area (Å²) in [4.78, 5) is 2.60. The van der Waals surface area contributed by atoms with E-state index in [0.29, 0.717) is 22.8 Å². The van der Waals surface area contributed by atoms with E-state index in [1.807, 2.05) is 0 Å². The number of nitrogens with zero attached hydrogens (tertiary/aromatic N) is 3. The van der Waals surface area contributed by atoms with Gasteiger partial charge in [-0.2, -0.15) is 0 Å². The molecule has 0 heterocycles. The Hall–Kier alpha value is -2.11. The molecule has 7 heteroatoms. The minimum absolute atomic E-state index is 0.0604. The molecule has 18 heavy (non-hydrogen) atoms. The fourth-order valence-electron chi connectivity index (χ4n) is 1.51. The number of hydrogen-bond acceptors (Lipinski definition) is 5. The van der Waals surface area contributed by atoms with E-state index < -0.39 is 6.10 Å². The molecule has 1 N–H and O–H groups in total. The van der Waals surface area contributed by atoms with Crippen LogP contribution in [-0.2, 0) is 0 Å². The van der Waals surface area contributed by atoms with Crippen LogP contribution in [0.2, 0.25) is 0 Å². The van der Waals surface area contributed by atoms with Crippen molar-refractivity contribution in [2.45, 2.75) is 6.10 Å². The first-order chi connectivity index (χ1) is 8.67. The molecule has 0 radical (unpaired) electrons. The van der Waals surface area contributed by atoms with Gasteiger partial charge in [-0.1, -0.05) is 5.11 Å². The molecule has 0 aromatic heterocycles. The molecule has 0 bridgehead atoms. The summed E-state index contributed by atoms with van der Waals surface area (Å²) in [5.41, 5.74) is 8.75. The fraction of sp³-hybridized carbons (Fsp3) is 0.455. The highest BCUT2D eigenvalue weighted by molar-refractivity contribution is 5.54. The molecule has 0 aliphatic carbocycles. The third-order valence-corrected chi connectivity index (χ3v) is 2.39. The van der Waals surface area contributed by atoms with Gasteiger partial charge in [0.25, 0.3) is 0 Å². The molecule has 0 spiro atoms. The van der Waals surface area contributed by atoms with Crippen LogP contribution in [0, 0.1) is 0 Å². The van der Waals surface area contributed by atoms with Crippen molar-refractivity contribution >= 4 is 0 Å². The average Bonchev–Trinajstić information content (AvgIpc) is 2.42. The van der Waals surface area contributed by atoms with E-state index in [1.165, 1.54) is 21.3 Å². The maximum Gasteiger partial charge on any atom is 0.203 e. The van der Waals surface area contributed by atoms with Crippen LogP contribution in [0.1, 0.15) is 11.7 Å². The van der Waals surface area contributed by atoms with Crippen LogP contribution in [0.15, 0.2) is 17.2 Å². The van der Waals surface area contributed by atoms with E-state index >= 15 is 0 Å². The summed E-state index contributed by atoms with van der Waals surface area (Å²) >= 11 is 0. The van der Waals surface area contributed by atoms with E-state index in [-0.39, 0.29) is 6.54 Å². The second-order valence-corrected chi connectivity index (χ2v) is 3.39. The SMILES string of the molecule is COc1cc([C@H](O)CN=[N+]=[N-])cc(OC)c1OC. The molecule has 1 rings (SSSR count). The van der Waals surface area contributed by atoms with Crippen LogP contribution in [0.5, 0.6) is 17.2 Å². The zero-order chi connectivity index (χ0) is 13.5. The van der Waals surface area contributed by atoms with Crippen LogP contribution in [0.4, 0.5) is 0 Å². The predicted octanol–water partition coefficient (Wildman–Crippen LogP) is 2.06. The smallest absolute Gasteiger partial charge is 0.203 e. The number of hydrogen-bond donors (Lipinski definition) is 1. The Morgan fingerprint density at radius 1 is 1.22 bits per heavy atom. The van der Waals surface area contributed by atoms with E-state index in [9.17, 15) is 5.11 Å². The summed E-state index contributed by atoms with van der Waals surface area (Å²) < 4.78 is 15.5. The number of methoxy groups -OCH3 is 3. The highest BCUT2D eigenvalue weighted by Gasteiger charge is 2.16. The first kappa shape index (κ1) is 14.0. The van der Waals surface area contributed by atoms with Crippen molar-refractivity contribution < 1.29 is 19.3 Å². The van der Waals surface area contributed by atoms with Crippen LogP contribution < -0.4 is 14.2 Å². The minimum atomic E-state index is -0.922. The molecule has 0 fully saturated rings. The lowest BCUT2D eigenvalue weighted by atomic mass is 10.1. The first-order valence-electron chi connectivity index (χ1n) is 5.16. The van der Waals surface area contributed by atoms with Crippen molar-refractivity contribution in [1.82, 2.24) is 0 Å². The molecule has 0 unspecified atom stereocenters. The molecular weight excluding hydrogens is 238 g/mol. The summed E-state index contributed by atoms with van der Waals surface area (Å²) in [5, 5.41) is 13.2. The number of azide groups is 1. The summed E-state index contributed by atoms with van der Waals surface area (Å²) in [6, 6.07) is 3.22. The second-order valence-electron chi connectivity index (χ2n) is 3.39. The predicted molar refractivity (Wildman–Crippen MR) is 65.1 cm³/mol. The van der Waals surface area contributed by atoms with Crippen molar-refractivity contribution in [3.8, 4) is 17.2 Å². The van der Waals surface area contributed by atoms with Crippen LogP contribution in [-0.4, -0.2) is 33.0 Å². The van der Waals surface area contributed by atoms with Gasteiger partial charge in [0.2, 0.25) is 5.75 Å². The maximum atomic E-state index is 9.84. The highest BCUT2D eigenvalue weighted by Crippen LogP contribution is 2.39. The summed E-state index contributed by atoms with van der Waals surface area (Å²) in [7, 11) is 4.47. The molecule has 0 saturated carbocycles. The third-order valence-electron chi connectivity index (χ3n) is 2.39. The van der Waals surface area contributed by atoms with E-state index in [0.717, 1.165) is 0 Å². The monoisotopic (exact) mass is 253 g/mol. The normalized spacial score (nSPS) is 11.3. The van der Waals surface area contributed by atoms with Gasteiger partial charge in [0.1, 0.15) is 0 Å². The summed E-state index contributed by atoms with van der Waals surface area (Å²) in [6.45, 7) is -0.0604. The number of aliphatic hydroxyl groups excluding tert-OH is 1. The molecule has 1 aromatic carbocycles. The van der Waals surface area contributed by atoms with Gasteiger partial charge in [-0.15, -0.1) is 0 Å². The number of aliphatic hydroxyl groups is 1. The van der Waals surface area contributed by atoms with E-state index in [4.69, 9.17) is 19.7 Å². The van der Waals surface area contributed by atoms with Gasteiger partial charge < -0.3 is 19.3 Å². The number of rotatable bonds is 6. The lowest BCUT2D eigenvalue weighted by molar-refractivity contribution is 0.185. The van der Waals surface area contributed by atoms with Crippen LogP contribution in [0.25, 0.3) is 10.4 Å². The molecule has 0 aliphatic heterocycles. The van der Waals surface area contributed by atoms with Crippen LogP contribution >= 0.6 is 0 Å². The molecule has 0 amide bonds. The number of ether oxygens (including phenoxy) is 3. The number of benzene rings is 1. The van der Waals surface area contributed by atoms with Crippen LogP contribution in [0.3, 0.4) is 0 Å². The largest absolute Gasteiger partial charge is 0.493 e. The quantitative estimate of drug-likeness (QED) is 0.476. The fourth-order valence-corrected chi connectivity index (χ4v) is 1.51. The van der Waals surface area contributed by atoms with Gasteiger partial charge in [-0.25, -0.2) is 0 Å². The van der Waals surface area contributed by atoms with Gasteiger partial charge in [-0.05, 0) is 23.2 Å². The van der Waals surface area contributed by atoms with E-state index in [2.05, 4.69) is 10.0 Å². The Kier molecular flexibility index (Phi) is 5.10. The Morgan fingerprint density at radius 2 is 1.78 bits per heavy atom. The second kappa shape index (κ2) is 6.58. The van der Waals surface area contributed by atoms with Crippen molar-refractivity contribution in [2.24, 2.45) is 5.11 Å². The molecule has 98 valence electrons. The van der Waals surface area contributed by atoms with Gasteiger partial charge in [0, 0.05) is 4.91 Å². The average molecular weight is 253 g/mol. The lowest BCUT2D eigenvalue weighted by Gasteiger charge is -2.16. The van der Waals surface area contributed by atoms with Gasteiger partial charge in [-0.3, -0.25) is 0 Å². The van der Waals surface area contributed by atoms with Gasteiger partial charge in [0.05, 0.1) is 34.0 Å². The summed E-state index contributed by atoms with van der Waals surface area (Å²) in [5.74, 6) is 1.32. The third kappa shape index (κ3) is 2.97. The topological polar surface area (TPSA) is 96.7 Å². The van der Waals surface area contributed by atoms with Crippen molar-refractivity contribution in [3.63, 3.8) is 0 Å². The Morgan fingerprint density at radius 3 is 2.17 bits per heavy atom. The maximum absolute atomic E-state index is 9.84. The molecule has 7 nitrogen and oxygen atoms in total.